The second kappa shape index (κ2) is 7.96. The van der Waals surface area contributed by atoms with Crippen molar-refractivity contribution in [2.45, 2.75) is 26.2 Å². The standard InChI is InChI=1S/C21H23F2NO2/c1-2-24-20(25)21(8-10-26-11-9-21)14-15-4-3-5-16(12-15)17-6-7-18(22)19(23)13-17/h3-7,12-13H,2,8-11,14H2,1H3,(H,24,25). The van der Waals surface area contributed by atoms with E-state index in [0.29, 0.717) is 44.6 Å². The third-order valence-electron chi connectivity index (χ3n) is 4.99. The smallest absolute Gasteiger partial charge is 0.226 e. The number of carbonyl (C=O) groups excluding carboxylic acids is 1. The molecule has 1 amide bonds. The van der Waals surface area contributed by atoms with Crippen LogP contribution in [-0.4, -0.2) is 25.7 Å². The number of carbonyl (C=O) groups is 1. The molecule has 1 N–H and O–H groups in total. The monoisotopic (exact) mass is 359 g/mol. The summed E-state index contributed by atoms with van der Waals surface area (Å²) in [4.78, 5) is 12.7. The predicted octanol–water partition coefficient (Wildman–Crippen LogP) is 4.11. The fraction of sp³-hybridized carbons (Fsp3) is 0.381. The molecule has 138 valence electrons. The van der Waals surface area contributed by atoms with Gasteiger partial charge in [-0.05, 0) is 55.0 Å². The van der Waals surface area contributed by atoms with Crippen molar-refractivity contribution in [3.8, 4) is 11.1 Å². The molecule has 2 aromatic rings. The Morgan fingerprint density at radius 1 is 1.08 bits per heavy atom. The van der Waals surface area contributed by atoms with Crippen molar-refractivity contribution in [2.75, 3.05) is 19.8 Å². The Labute approximate surface area is 152 Å². The fourth-order valence-corrected chi connectivity index (χ4v) is 3.52. The summed E-state index contributed by atoms with van der Waals surface area (Å²) in [5, 5.41) is 2.95. The van der Waals surface area contributed by atoms with Crippen LogP contribution in [0.15, 0.2) is 42.5 Å². The van der Waals surface area contributed by atoms with E-state index in [0.717, 1.165) is 17.2 Å². The minimum atomic E-state index is -0.865. The molecule has 1 heterocycles. The lowest BCUT2D eigenvalue weighted by molar-refractivity contribution is -0.136. The van der Waals surface area contributed by atoms with E-state index in [2.05, 4.69) is 5.32 Å². The van der Waals surface area contributed by atoms with Gasteiger partial charge in [0.15, 0.2) is 11.6 Å². The van der Waals surface area contributed by atoms with Crippen LogP contribution in [0.1, 0.15) is 25.3 Å². The van der Waals surface area contributed by atoms with Crippen LogP contribution in [0.4, 0.5) is 8.78 Å². The summed E-state index contributed by atoms with van der Waals surface area (Å²) in [5.74, 6) is -1.67. The second-order valence-corrected chi connectivity index (χ2v) is 6.76. The number of halogens is 2. The number of hydrogen-bond acceptors (Lipinski definition) is 2. The maximum absolute atomic E-state index is 13.5. The lowest BCUT2D eigenvalue weighted by Crippen LogP contribution is -2.46. The van der Waals surface area contributed by atoms with Gasteiger partial charge in [-0.25, -0.2) is 8.78 Å². The molecule has 1 fully saturated rings. The second-order valence-electron chi connectivity index (χ2n) is 6.76. The van der Waals surface area contributed by atoms with Crippen LogP contribution >= 0.6 is 0 Å². The minimum absolute atomic E-state index is 0.0570. The zero-order chi connectivity index (χ0) is 18.6. The van der Waals surface area contributed by atoms with Gasteiger partial charge in [-0.3, -0.25) is 4.79 Å². The molecule has 26 heavy (non-hydrogen) atoms. The Morgan fingerprint density at radius 3 is 2.50 bits per heavy atom. The summed E-state index contributed by atoms with van der Waals surface area (Å²) < 4.78 is 32.2. The molecule has 3 rings (SSSR count). The molecule has 0 bridgehead atoms. The molecule has 1 aliphatic rings. The fourth-order valence-electron chi connectivity index (χ4n) is 3.52. The van der Waals surface area contributed by atoms with Crippen LogP contribution in [-0.2, 0) is 16.0 Å². The summed E-state index contributed by atoms with van der Waals surface area (Å²) in [7, 11) is 0. The van der Waals surface area contributed by atoms with E-state index in [1.807, 2.05) is 31.2 Å². The zero-order valence-corrected chi connectivity index (χ0v) is 14.9. The summed E-state index contributed by atoms with van der Waals surface area (Å²) in [6, 6.07) is 11.6. The highest BCUT2D eigenvalue weighted by atomic mass is 19.2. The molecule has 5 heteroatoms. The predicted molar refractivity (Wildman–Crippen MR) is 96.7 cm³/mol. The quantitative estimate of drug-likeness (QED) is 0.873. The highest BCUT2D eigenvalue weighted by molar-refractivity contribution is 5.83. The SMILES string of the molecule is CCNC(=O)C1(Cc2cccc(-c3ccc(F)c(F)c3)c2)CCOCC1. The van der Waals surface area contributed by atoms with E-state index < -0.39 is 17.0 Å². The third-order valence-corrected chi connectivity index (χ3v) is 4.99. The molecule has 0 radical (unpaired) electrons. The highest BCUT2D eigenvalue weighted by Gasteiger charge is 2.39. The van der Waals surface area contributed by atoms with Gasteiger partial charge in [-0.15, -0.1) is 0 Å². The summed E-state index contributed by atoms with van der Waals surface area (Å²) in [6.07, 6.45) is 1.95. The third kappa shape index (κ3) is 3.93. The van der Waals surface area contributed by atoms with Gasteiger partial charge in [0, 0.05) is 19.8 Å². The van der Waals surface area contributed by atoms with Crippen molar-refractivity contribution >= 4 is 5.91 Å². The van der Waals surface area contributed by atoms with E-state index in [-0.39, 0.29) is 5.91 Å². The lowest BCUT2D eigenvalue weighted by atomic mass is 9.74. The van der Waals surface area contributed by atoms with Gasteiger partial charge in [0.05, 0.1) is 5.41 Å². The van der Waals surface area contributed by atoms with Gasteiger partial charge in [0.2, 0.25) is 5.91 Å². The van der Waals surface area contributed by atoms with Crippen molar-refractivity contribution in [3.63, 3.8) is 0 Å². The Balaban J connectivity index is 1.88. The molecule has 0 spiro atoms. The van der Waals surface area contributed by atoms with Crippen LogP contribution in [0.5, 0.6) is 0 Å². The number of ether oxygens (including phenoxy) is 1. The van der Waals surface area contributed by atoms with Crippen molar-refractivity contribution in [1.29, 1.82) is 0 Å². The molecule has 3 nitrogen and oxygen atoms in total. The van der Waals surface area contributed by atoms with Crippen LogP contribution in [0, 0.1) is 17.0 Å². The van der Waals surface area contributed by atoms with Crippen LogP contribution in [0.3, 0.4) is 0 Å². The molecular formula is C21H23F2NO2. The average molecular weight is 359 g/mol. The van der Waals surface area contributed by atoms with E-state index in [4.69, 9.17) is 4.74 Å². The summed E-state index contributed by atoms with van der Waals surface area (Å²) in [5.41, 5.74) is 1.94. The molecule has 1 saturated heterocycles. The topological polar surface area (TPSA) is 38.3 Å². The average Bonchev–Trinajstić information content (AvgIpc) is 2.65. The minimum Gasteiger partial charge on any atom is -0.381 e. The van der Waals surface area contributed by atoms with Crippen LogP contribution in [0.2, 0.25) is 0 Å². The molecule has 2 aromatic carbocycles. The van der Waals surface area contributed by atoms with Gasteiger partial charge < -0.3 is 10.1 Å². The number of rotatable bonds is 5. The first-order valence-corrected chi connectivity index (χ1v) is 8.94. The maximum Gasteiger partial charge on any atom is 0.226 e. The van der Waals surface area contributed by atoms with Gasteiger partial charge in [0.25, 0.3) is 0 Å². The molecule has 0 unspecified atom stereocenters. The Morgan fingerprint density at radius 2 is 1.81 bits per heavy atom. The van der Waals surface area contributed by atoms with Crippen LogP contribution < -0.4 is 5.32 Å². The number of amides is 1. The summed E-state index contributed by atoms with van der Waals surface area (Å²) >= 11 is 0. The zero-order valence-electron chi connectivity index (χ0n) is 14.9. The van der Waals surface area contributed by atoms with Gasteiger partial charge in [-0.2, -0.15) is 0 Å². The first-order chi connectivity index (χ1) is 12.5. The van der Waals surface area contributed by atoms with E-state index in [9.17, 15) is 13.6 Å². The van der Waals surface area contributed by atoms with Gasteiger partial charge >= 0.3 is 0 Å². The number of benzene rings is 2. The van der Waals surface area contributed by atoms with E-state index in [1.165, 1.54) is 6.07 Å². The first-order valence-electron chi connectivity index (χ1n) is 8.94. The summed E-state index contributed by atoms with van der Waals surface area (Å²) in [6.45, 7) is 3.64. The largest absolute Gasteiger partial charge is 0.381 e. The van der Waals surface area contributed by atoms with E-state index in [1.54, 1.807) is 6.07 Å². The normalized spacial score (nSPS) is 16.3. The molecule has 0 saturated carbocycles. The van der Waals surface area contributed by atoms with Crippen molar-refractivity contribution in [3.05, 3.63) is 59.7 Å². The first kappa shape index (κ1) is 18.5. The molecule has 0 aromatic heterocycles. The highest BCUT2D eigenvalue weighted by Crippen LogP contribution is 2.35. The Bertz CT molecular complexity index is 785. The van der Waals surface area contributed by atoms with Gasteiger partial charge in [-0.1, -0.05) is 30.3 Å². The van der Waals surface area contributed by atoms with Gasteiger partial charge in [0.1, 0.15) is 0 Å². The van der Waals surface area contributed by atoms with Crippen LogP contribution in [0.25, 0.3) is 11.1 Å². The van der Waals surface area contributed by atoms with Crippen molar-refractivity contribution < 1.29 is 18.3 Å². The van der Waals surface area contributed by atoms with E-state index >= 15 is 0 Å². The maximum atomic E-state index is 13.5. The number of hydrogen-bond donors (Lipinski definition) is 1. The molecular weight excluding hydrogens is 336 g/mol. The Kier molecular flexibility index (Phi) is 5.67. The lowest BCUT2D eigenvalue weighted by Gasteiger charge is -2.36. The Hall–Kier alpha value is -2.27. The molecule has 1 aliphatic heterocycles. The number of nitrogens with one attached hydrogen (secondary N) is 1. The molecule has 0 aliphatic carbocycles. The van der Waals surface area contributed by atoms with Crippen molar-refractivity contribution in [2.24, 2.45) is 5.41 Å². The molecule has 0 atom stereocenters. The van der Waals surface area contributed by atoms with Crippen molar-refractivity contribution in [1.82, 2.24) is 5.32 Å².